The molecule has 92 valence electrons. The van der Waals surface area contributed by atoms with E-state index in [-0.39, 0.29) is 17.8 Å². The maximum atomic E-state index is 12.8. The Balaban J connectivity index is 2.43. The maximum Gasteiger partial charge on any atom is 0.308 e. The van der Waals surface area contributed by atoms with Gasteiger partial charge in [-0.2, -0.15) is 5.10 Å². The molecule has 0 spiro atoms. The number of hydrogen-bond donors (Lipinski definition) is 2. The highest BCUT2D eigenvalue weighted by molar-refractivity contribution is 5.71. The second kappa shape index (κ2) is 4.79. The Morgan fingerprint density at radius 2 is 2.00 bits per heavy atom. The van der Waals surface area contributed by atoms with Crippen LogP contribution < -0.4 is 5.56 Å². The van der Waals surface area contributed by atoms with Crippen molar-refractivity contribution < 1.29 is 14.3 Å². The molecule has 6 heteroatoms. The van der Waals surface area contributed by atoms with Gasteiger partial charge in [0.1, 0.15) is 5.82 Å². The van der Waals surface area contributed by atoms with Crippen molar-refractivity contribution in [2.45, 2.75) is 6.42 Å². The molecule has 0 amide bonds. The van der Waals surface area contributed by atoms with Gasteiger partial charge in [-0.15, -0.1) is 0 Å². The summed E-state index contributed by atoms with van der Waals surface area (Å²) in [5.74, 6) is -1.48. The van der Waals surface area contributed by atoms with Crippen LogP contribution >= 0.6 is 0 Å². The van der Waals surface area contributed by atoms with E-state index in [2.05, 4.69) is 10.2 Å². The minimum absolute atomic E-state index is 0.108. The highest BCUT2D eigenvalue weighted by Gasteiger charge is 2.08. The highest BCUT2D eigenvalue weighted by atomic mass is 19.1. The maximum absolute atomic E-state index is 12.8. The zero-order chi connectivity index (χ0) is 13.1. The van der Waals surface area contributed by atoms with Gasteiger partial charge in [-0.1, -0.05) is 0 Å². The van der Waals surface area contributed by atoms with Gasteiger partial charge < -0.3 is 5.11 Å². The summed E-state index contributed by atoms with van der Waals surface area (Å²) in [5, 5.41) is 14.7. The molecular formula is C12H9FN2O3. The summed E-state index contributed by atoms with van der Waals surface area (Å²) in [6, 6.07) is 6.92. The number of nitrogens with zero attached hydrogens (tertiary/aromatic N) is 1. The Kier molecular flexibility index (Phi) is 3.18. The third-order valence-corrected chi connectivity index (χ3v) is 2.36. The second-order valence-corrected chi connectivity index (χ2v) is 3.68. The van der Waals surface area contributed by atoms with E-state index in [0.717, 1.165) is 0 Å². The van der Waals surface area contributed by atoms with Crippen LogP contribution in [0.5, 0.6) is 0 Å². The number of carboxylic acid groups (broad SMARTS) is 1. The number of benzene rings is 1. The number of halogens is 1. The first kappa shape index (κ1) is 12.0. The van der Waals surface area contributed by atoms with Crippen LogP contribution in [0.15, 0.2) is 35.1 Å². The van der Waals surface area contributed by atoms with Crippen LogP contribution in [0, 0.1) is 5.82 Å². The number of carbonyl (C=O) groups is 1. The molecule has 0 saturated carbocycles. The molecule has 0 saturated heterocycles. The molecule has 0 aliphatic carbocycles. The van der Waals surface area contributed by atoms with Crippen LogP contribution in [0.1, 0.15) is 5.56 Å². The van der Waals surface area contributed by atoms with Crippen molar-refractivity contribution in [3.8, 4) is 11.3 Å². The van der Waals surface area contributed by atoms with Gasteiger partial charge in [0.15, 0.2) is 0 Å². The van der Waals surface area contributed by atoms with Gasteiger partial charge in [-0.05, 0) is 30.3 Å². The summed E-state index contributed by atoms with van der Waals surface area (Å²) < 4.78 is 12.8. The van der Waals surface area contributed by atoms with Crippen LogP contribution in [0.4, 0.5) is 4.39 Å². The van der Waals surface area contributed by atoms with Crippen molar-refractivity contribution >= 4 is 5.97 Å². The Morgan fingerprint density at radius 1 is 1.33 bits per heavy atom. The van der Waals surface area contributed by atoms with Crippen LogP contribution in [0.25, 0.3) is 11.3 Å². The lowest BCUT2D eigenvalue weighted by Crippen LogP contribution is -2.17. The molecule has 18 heavy (non-hydrogen) atoms. The first-order valence-corrected chi connectivity index (χ1v) is 5.12. The molecule has 0 aliphatic heterocycles. The SMILES string of the molecule is O=C(O)Cc1cc(-c2ccc(F)cc2)n[nH]c1=O. The monoisotopic (exact) mass is 248 g/mol. The molecular weight excluding hydrogens is 239 g/mol. The topological polar surface area (TPSA) is 83.0 Å². The number of nitrogens with one attached hydrogen (secondary N) is 1. The van der Waals surface area contributed by atoms with E-state index in [9.17, 15) is 14.0 Å². The summed E-state index contributed by atoms with van der Waals surface area (Å²) in [7, 11) is 0. The molecule has 0 bridgehead atoms. The number of rotatable bonds is 3. The van der Waals surface area contributed by atoms with E-state index < -0.39 is 11.5 Å². The molecule has 0 atom stereocenters. The largest absolute Gasteiger partial charge is 0.481 e. The molecule has 1 aromatic heterocycles. The molecule has 2 aromatic rings. The molecule has 1 aromatic carbocycles. The third-order valence-electron chi connectivity index (χ3n) is 2.36. The smallest absolute Gasteiger partial charge is 0.308 e. The summed E-state index contributed by atoms with van der Waals surface area (Å²) >= 11 is 0. The summed E-state index contributed by atoms with van der Waals surface area (Å²) in [6.07, 6.45) is -0.383. The zero-order valence-corrected chi connectivity index (χ0v) is 9.18. The van der Waals surface area contributed by atoms with Crippen molar-refractivity contribution in [2.75, 3.05) is 0 Å². The van der Waals surface area contributed by atoms with E-state index in [1.165, 1.54) is 30.3 Å². The van der Waals surface area contributed by atoms with Gasteiger partial charge in [-0.3, -0.25) is 9.59 Å². The fourth-order valence-electron chi connectivity index (χ4n) is 1.51. The van der Waals surface area contributed by atoms with Crippen LogP contribution in [-0.2, 0) is 11.2 Å². The van der Waals surface area contributed by atoms with E-state index in [1.54, 1.807) is 0 Å². The minimum atomic E-state index is -1.10. The predicted molar refractivity (Wildman–Crippen MR) is 61.6 cm³/mol. The van der Waals surface area contributed by atoms with Gasteiger partial charge in [-0.25, -0.2) is 9.49 Å². The minimum Gasteiger partial charge on any atom is -0.481 e. The standard InChI is InChI=1S/C12H9FN2O3/c13-9-3-1-7(2-4-9)10-5-8(6-11(16)17)12(18)15-14-10/h1-5H,6H2,(H,15,18)(H,16,17). The van der Waals surface area contributed by atoms with Crippen molar-refractivity contribution in [3.05, 3.63) is 52.1 Å². The van der Waals surface area contributed by atoms with Gasteiger partial charge in [0.05, 0.1) is 12.1 Å². The first-order chi connectivity index (χ1) is 8.56. The van der Waals surface area contributed by atoms with Crippen LogP contribution in [0.2, 0.25) is 0 Å². The van der Waals surface area contributed by atoms with Gasteiger partial charge in [0.2, 0.25) is 0 Å². The van der Waals surface area contributed by atoms with Gasteiger partial charge in [0.25, 0.3) is 5.56 Å². The Labute approximate surface area is 101 Å². The molecule has 2 N–H and O–H groups in total. The Morgan fingerprint density at radius 3 is 2.61 bits per heavy atom. The average Bonchev–Trinajstić information content (AvgIpc) is 2.32. The van der Waals surface area contributed by atoms with Crippen molar-refractivity contribution in [3.63, 3.8) is 0 Å². The molecule has 1 heterocycles. The Hall–Kier alpha value is -2.50. The summed E-state index contributed by atoms with van der Waals surface area (Å²) in [4.78, 5) is 21.9. The Bertz CT molecular complexity index is 635. The molecule has 0 unspecified atom stereocenters. The average molecular weight is 248 g/mol. The second-order valence-electron chi connectivity index (χ2n) is 3.68. The van der Waals surface area contributed by atoms with Crippen molar-refractivity contribution in [1.29, 1.82) is 0 Å². The number of aliphatic carboxylic acids is 1. The summed E-state index contributed by atoms with van der Waals surface area (Å²) in [5.41, 5.74) is 0.560. The predicted octanol–water partition coefficient (Wildman–Crippen LogP) is 1.20. The van der Waals surface area contributed by atoms with Gasteiger partial charge >= 0.3 is 5.97 Å². The van der Waals surface area contributed by atoms with E-state index >= 15 is 0 Å². The highest BCUT2D eigenvalue weighted by Crippen LogP contribution is 2.16. The first-order valence-electron chi connectivity index (χ1n) is 5.12. The quantitative estimate of drug-likeness (QED) is 0.855. The van der Waals surface area contributed by atoms with Gasteiger partial charge in [0, 0.05) is 11.1 Å². The molecule has 0 fully saturated rings. The molecule has 0 aliphatic rings. The lowest BCUT2D eigenvalue weighted by molar-refractivity contribution is -0.136. The van der Waals surface area contributed by atoms with Crippen LogP contribution in [-0.4, -0.2) is 21.3 Å². The fraction of sp³-hybridized carbons (Fsp3) is 0.0833. The number of H-pyrrole nitrogens is 1. The van der Waals surface area contributed by atoms with Crippen molar-refractivity contribution in [2.24, 2.45) is 0 Å². The lowest BCUT2D eigenvalue weighted by atomic mass is 10.1. The third kappa shape index (κ3) is 2.60. The zero-order valence-electron chi connectivity index (χ0n) is 9.18. The fourth-order valence-corrected chi connectivity index (χ4v) is 1.51. The normalized spacial score (nSPS) is 10.3. The summed E-state index contributed by atoms with van der Waals surface area (Å²) in [6.45, 7) is 0. The number of aromatic amines is 1. The molecule has 0 radical (unpaired) electrons. The van der Waals surface area contributed by atoms with Crippen molar-refractivity contribution in [1.82, 2.24) is 10.2 Å². The van der Waals surface area contributed by atoms with E-state index in [1.807, 2.05) is 0 Å². The number of aromatic nitrogens is 2. The number of hydrogen-bond acceptors (Lipinski definition) is 3. The van der Waals surface area contributed by atoms with E-state index in [0.29, 0.717) is 11.3 Å². The van der Waals surface area contributed by atoms with E-state index in [4.69, 9.17) is 5.11 Å². The molecule has 2 rings (SSSR count). The van der Waals surface area contributed by atoms with Crippen LogP contribution in [0.3, 0.4) is 0 Å². The lowest BCUT2D eigenvalue weighted by Gasteiger charge is -2.02. The molecule has 5 nitrogen and oxygen atoms in total. The number of carboxylic acids is 1.